The molecule has 1 aliphatic heterocycles. The van der Waals surface area contributed by atoms with Crippen LogP contribution in [0.2, 0.25) is 0 Å². The maximum atomic E-state index is 13.5. The van der Waals surface area contributed by atoms with Crippen LogP contribution in [0.25, 0.3) is 5.76 Å². The van der Waals surface area contributed by atoms with Gasteiger partial charge in [0.05, 0.1) is 11.6 Å². The van der Waals surface area contributed by atoms with Gasteiger partial charge in [0.1, 0.15) is 11.6 Å². The van der Waals surface area contributed by atoms with E-state index < -0.39 is 23.5 Å². The number of amides is 1. The molecule has 0 radical (unpaired) electrons. The molecule has 0 spiro atoms. The van der Waals surface area contributed by atoms with Crippen molar-refractivity contribution in [3.8, 4) is 0 Å². The zero-order valence-electron chi connectivity index (χ0n) is 15.5. The second-order valence-electron chi connectivity index (χ2n) is 6.74. The highest BCUT2D eigenvalue weighted by atomic mass is 19.1. The van der Waals surface area contributed by atoms with Crippen LogP contribution in [0.3, 0.4) is 0 Å². The minimum absolute atomic E-state index is 0.0453. The molecule has 1 atom stereocenters. The van der Waals surface area contributed by atoms with Gasteiger partial charge in [-0.1, -0.05) is 30.3 Å². The van der Waals surface area contributed by atoms with E-state index in [-0.39, 0.29) is 11.3 Å². The van der Waals surface area contributed by atoms with Crippen molar-refractivity contribution in [3.63, 3.8) is 0 Å². The van der Waals surface area contributed by atoms with Crippen molar-refractivity contribution in [2.75, 3.05) is 4.90 Å². The van der Waals surface area contributed by atoms with Crippen molar-refractivity contribution in [2.45, 2.75) is 13.0 Å². The third-order valence-corrected chi connectivity index (χ3v) is 4.96. The first-order valence-corrected chi connectivity index (χ1v) is 9.01. The lowest BCUT2D eigenvalue weighted by Crippen LogP contribution is -2.30. The van der Waals surface area contributed by atoms with E-state index in [1.165, 1.54) is 41.6 Å². The largest absolute Gasteiger partial charge is 0.507 e. The lowest BCUT2D eigenvalue weighted by Gasteiger charge is -2.26. The summed E-state index contributed by atoms with van der Waals surface area (Å²) in [6.07, 6.45) is 2.97. The first-order chi connectivity index (χ1) is 14.0. The maximum Gasteiger partial charge on any atom is 0.300 e. The van der Waals surface area contributed by atoms with Gasteiger partial charge < -0.3 is 5.11 Å². The number of pyridine rings is 1. The summed E-state index contributed by atoms with van der Waals surface area (Å²) in [6.45, 7) is 1.83. The second kappa shape index (κ2) is 7.31. The summed E-state index contributed by atoms with van der Waals surface area (Å²) in [4.78, 5) is 31.2. The van der Waals surface area contributed by atoms with Crippen LogP contribution in [-0.2, 0) is 9.59 Å². The third-order valence-electron chi connectivity index (χ3n) is 4.96. The van der Waals surface area contributed by atoms with Gasteiger partial charge in [-0.25, -0.2) is 4.39 Å². The van der Waals surface area contributed by atoms with Crippen molar-refractivity contribution < 1.29 is 19.1 Å². The molecule has 0 saturated carbocycles. The van der Waals surface area contributed by atoms with Crippen LogP contribution in [0.15, 0.2) is 78.6 Å². The highest BCUT2D eigenvalue weighted by molar-refractivity contribution is 6.51. The zero-order chi connectivity index (χ0) is 20.5. The molecule has 1 fully saturated rings. The van der Waals surface area contributed by atoms with Crippen molar-refractivity contribution in [1.29, 1.82) is 0 Å². The molecule has 0 aliphatic carbocycles. The first-order valence-electron chi connectivity index (χ1n) is 9.01. The maximum absolute atomic E-state index is 13.5. The van der Waals surface area contributed by atoms with E-state index in [4.69, 9.17) is 0 Å². The van der Waals surface area contributed by atoms with Crippen LogP contribution in [0, 0.1) is 12.7 Å². The second-order valence-corrected chi connectivity index (χ2v) is 6.74. The number of Topliss-reactive ketones (excluding diaryl/α,β-unsaturated/α-hetero) is 1. The van der Waals surface area contributed by atoms with Gasteiger partial charge in [-0.05, 0) is 48.4 Å². The average molecular weight is 388 g/mol. The molecule has 1 aromatic heterocycles. The molecule has 3 aromatic rings. The quantitative estimate of drug-likeness (QED) is 0.416. The van der Waals surface area contributed by atoms with Crippen LogP contribution in [-0.4, -0.2) is 21.8 Å². The van der Waals surface area contributed by atoms with Gasteiger partial charge in [0.25, 0.3) is 11.7 Å². The van der Waals surface area contributed by atoms with Gasteiger partial charge in [-0.15, -0.1) is 0 Å². The predicted octanol–water partition coefficient (Wildman–Crippen LogP) is 4.16. The number of anilines is 1. The first kappa shape index (κ1) is 18.6. The Labute approximate surface area is 166 Å². The SMILES string of the molecule is Cc1ccccc1N1C(=O)C(=O)/C(=C(/O)c2ccncc2)C1c1ccc(F)cc1. The number of halogens is 1. The van der Waals surface area contributed by atoms with Crippen LogP contribution in [0.1, 0.15) is 22.7 Å². The summed E-state index contributed by atoms with van der Waals surface area (Å²) in [5, 5.41) is 10.9. The van der Waals surface area contributed by atoms with Gasteiger partial charge in [0.2, 0.25) is 0 Å². The number of aliphatic hydroxyl groups excluding tert-OH is 1. The predicted molar refractivity (Wildman–Crippen MR) is 107 cm³/mol. The molecular weight excluding hydrogens is 371 g/mol. The van der Waals surface area contributed by atoms with E-state index in [2.05, 4.69) is 4.98 Å². The number of aryl methyl sites for hydroxylation is 1. The number of aliphatic hydroxyl groups is 1. The summed E-state index contributed by atoms with van der Waals surface area (Å²) in [6, 6.07) is 14.9. The van der Waals surface area contributed by atoms with Crippen molar-refractivity contribution in [1.82, 2.24) is 4.98 Å². The number of nitrogens with zero attached hydrogens (tertiary/aromatic N) is 2. The Bertz CT molecular complexity index is 1120. The van der Waals surface area contributed by atoms with Gasteiger partial charge in [0.15, 0.2) is 0 Å². The molecule has 1 saturated heterocycles. The standard InChI is InChI=1S/C23H17FN2O3/c1-14-4-2-3-5-18(14)26-20(15-6-8-17(24)9-7-15)19(22(28)23(26)29)21(27)16-10-12-25-13-11-16/h2-13,20,27H,1H3/b21-19+. The minimum atomic E-state index is -0.884. The smallest absolute Gasteiger partial charge is 0.300 e. The number of benzene rings is 2. The zero-order valence-corrected chi connectivity index (χ0v) is 15.5. The molecule has 1 N–H and O–H groups in total. The van der Waals surface area contributed by atoms with Crippen LogP contribution >= 0.6 is 0 Å². The number of hydrogen-bond acceptors (Lipinski definition) is 4. The van der Waals surface area contributed by atoms with Gasteiger partial charge >= 0.3 is 0 Å². The fourth-order valence-corrected chi connectivity index (χ4v) is 3.54. The Morgan fingerprint density at radius 2 is 1.66 bits per heavy atom. The molecular formula is C23H17FN2O3. The van der Waals surface area contributed by atoms with E-state index in [0.717, 1.165) is 5.56 Å². The highest BCUT2D eigenvalue weighted by Gasteiger charge is 2.47. The van der Waals surface area contributed by atoms with Crippen LogP contribution in [0.5, 0.6) is 0 Å². The number of ketones is 1. The molecule has 2 aromatic carbocycles. The Hall–Kier alpha value is -3.80. The van der Waals surface area contributed by atoms with E-state index in [9.17, 15) is 19.1 Å². The molecule has 2 heterocycles. The van der Waals surface area contributed by atoms with Crippen LogP contribution < -0.4 is 4.90 Å². The molecule has 4 rings (SSSR count). The molecule has 6 heteroatoms. The Balaban J connectivity index is 1.97. The molecule has 1 amide bonds. The Morgan fingerprint density at radius 3 is 2.31 bits per heavy atom. The number of hydrogen-bond donors (Lipinski definition) is 1. The molecule has 1 aliphatic rings. The topological polar surface area (TPSA) is 70.5 Å². The van der Waals surface area contributed by atoms with E-state index in [1.54, 1.807) is 24.3 Å². The molecule has 144 valence electrons. The number of rotatable bonds is 3. The molecule has 5 nitrogen and oxygen atoms in total. The monoisotopic (exact) mass is 388 g/mol. The molecule has 29 heavy (non-hydrogen) atoms. The summed E-state index contributed by atoms with van der Waals surface area (Å²) in [5.74, 6) is -2.27. The van der Waals surface area contributed by atoms with Gasteiger partial charge in [-0.2, -0.15) is 0 Å². The average Bonchev–Trinajstić information content (AvgIpc) is 3.00. The molecule has 0 bridgehead atoms. The van der Waals surface area contributed by atoms with Crippen LogP contribution in [0.4, 0.5) is 10.1 Å². The van der Waals surface area contributed by atoms with Gasteiger partial charge in [-0.3, -0.25) is 19.5 Å². The molecule has 1 unspecified atom stereocenters. The van der Waals surface area contributed by atoms with Gasteiger partial charge in [0, 0.05) is 23.6 Å². The number of carbonyl (C=O) groups excluding carboxylic acids is 2. The van der Waals surface area contributed by atoms with Crippen molar-refractivity contribution in [3.05, 3.63) is 101 Å². The third kappa shape index (κ3) is 3.18. The fraction of sp³-hybridized carbons (Fsp3) is 0.0870. The van der Waals surface area contributed by atoms with E-state index in [0.29, 0.717) is 16.8 Å². The number of carbonyl (C=O) groups is 2. The van der Waals surface area contributed by atoms with E-state index >= 15 is 0 Å². The Kier molecular flexibility index (Phi) is 4.68. The normalized spacial score (nSPS) is 18.3. The summed E-state index contributed by atoms with van der Waals surface area (Å²) in [7, 11) is 0. The van der Waals surface area contributed by atoms with Crippen molar-refractivity contribution >= 4 is 23.1 Å². The minimum Gasteiger partial charge on any atom is -0.507 e. The summed E-state index contributed by atoms with van der Waals surface area (Å²) in [5.41, 5.74) is 2.19. The Morgan fingerprint density at radius 1 is 1.00 bits per heavy atom. The summed E-state index contributed by atoms with van der Waals surface area (Å²) < 4.78 is 13.5. The van der Waals surface area contributed by atoms with Crippen molar-refractivity contribution in [2.24, 2.45) is 0 Å². The number of aromatic nitrogens is 1. The number of para-hydroxylation sites is 1. The lowest BCUT2D eigenvalue weighted by atomic mass is 9.95. The fourth-order valence-electron chi connectivity index (χ4n) is 3.54. The lowest BCUT2D eigenvalue weighted by molar-refractivity contribution is -0.132. The highest BCUT2D eigenvalue weighted by Crippen LogP contribution is 2.42. The summed E-state index contributed by atoms with van der Waals surface area (Å²) >= 11 is 0. The van der Waals surface area contributed by atoms with E-state index in [1.807, 2.05) is 19.1 Å².